The number of anilines is 1. The minimum atomic E-state index is -0.600. The van der Waals surface area contributed by atoms with Gasteiger partial charge in [-0.3, -0.25) is 25.5 Å². The van der Waals surface area contributed by atoms with Crippen LogP contribution in [-0.4, -0.2) is 36.2 Å². The molecule has 1 aromatic carbocycles. The SMILES string of the molecule is CCCn1nnc(NC(=S)NC(=O)/C=C/c2ccc(Cl)c([N+](=O)[O-])c2)n1. The van der Waals surface area contributed by atoms with E-state index in [1.54, 1.807) is 6.07 Å². The first-order valence-electron chi connectivity index (χ1n) is 7.41. The third-order valence-corrected chi connectivity index (χ3v) is 3.46. The van der Waals surface area contributed by atoms with Gasteiger partial charge in [0, 0.05) is 12.1 Å². The first kappa shape index (κ1) is 19.4. The highest BCUT2D eigenvalue weighted by molar-refractivity contribution is 7.80. The summed E-state index contributed by atoms with van der Waals surface area (Å²) in [5, 5.41) is 27.5. The van der Waals surface area contributed by atoms with Crippen molar-refractivity contribution in [2.24, 2.45) is 0 Å². The second-order valence-electron chi connectivity index (χ2n) is 4.95. The Hall–Kier alpha value is -2.92. The third kappa shape index (κ3) is 5.57. The molecule has 12 heteroatoms. The summed E-state index contributed by atoms with van der Waals surface area (Å²) in [5.74, 6) is -0.359. The lowest BCUT2D eigenvalue weighted by Crippen LogP contribution is -2.33. The van der Waals surface area contributed by atoms with Gasteiger partial charge in [-0.2, -0.15) is 4.80 Å². The minimum Gasteiger partial charge on any atom is -0.299 e. The Balaban J connectivity index is 1.93. The molecular weight excluding hydrogens is 382 g/mol. The van der Waals surface area contributed by atoms with E-state index in [2.05, 4.69) is 26.0 Å². The average molecular weight is 396 g/mol. The Morgan fingerprint density at radius 3 is 2.96 bits per heavy atom. The number of rotatable bonds is 6. The van der Waals surface area contributed by atoms with E-state index in [1.165, 1.54) is 29.1 Å². The van der Waals surface area contributed by atoms with E-state index in [0.29, 0.717) is 12.1 Å². The van der Waals surface area contributed by atoms with Gasteiger partial charge in [0.25, 0.3) is 11.6 Å². The number of nitro groups is 1. The topological polar surface area (TPSA) is 128 Å². The van der Waals surface area contributed by atoms with Crippen LogP contribution < -0.4 is 10.6 Å². The Morgan fingerprint density at radius 2 is 2.27 bits per heavy atom. The standard InChI is InChI=1S/C14H14ClN7O3S/c1-2-7-21-19-13(18-20-21)17-14(26)16-12(23)6-4-9-3-5-10(15)11(8-9)22(24)25/h3-6,8H,2,7H2,1H3,(H2,16,17,19,23,26)/b6-4+. The van der Waals surface area contributed by atoms with Gasteiger partial charge in [0.05, 0.1) is 11.5 Å². The highest BCUT2D eigenvalue weighted by Gasteiger charge is 2.12. The van der Waals surface area contributed by atoms with Gasteiger partial charge in [0.1, 0.15) is 5.02 Å². The molecule has 0 aliphatic carbocycles. The van der Waals surface area contributed by atoms with Crippen molar-refractivity contribution in [1.82, 2.24) is 25.5 Å². The molecule has 2 aromatic rings. The summed E-state index contributed by atoms with van der Waals surface area (Å²) in [4.78, 5) is 23.5. The molecular formula is C14H14ClN7O3S. The number of tetrazole rings is 1. The number of aryl methyl sites for hydroxylation is 1. The van der Waals surface area contributed by atoms with Gasteiger partial charge in [-0.05, 0) is 41.6 Å². The number of carbonyl (C=O) groups is 1. The summed E-state index contributed by atoms with van der Waals surface area (Å²) >= 11 is 10.7. The van der Waals surface area contributed by atoms with E-state index in [1.807, 2.05) is 6.92 Å². The van der Waals surface area contributed by atoms with Crippen LogP contribution in [0.1, 0.15) is 18.9 Å². The van der Waals surface area contributed by atoms with Crippen molar-refractivity contribution < 1.29 is 9.72 Å². The van der Waals surface area contributed by atoms with E-state index in [4.69, 9.17) is 23.8 Å². The molecule has 2 rings (SSSR count). The van der Waals surface area contributed by atoms with Crippen molar-refractivity contribution in [3.8, 4) is 0 Å². The smallest absolute Gasteiger partial charge is 0.288 e. The molecule has 0 radical (unpaired) electrons. The first-order chi connectivity index (χ1) is 12.4. The van der Waals surface area contributed by atoms with Gasteiger partial charge in [0.15, 0.2) is 5.11 Å². The molecule has 0 bridgehead atoms. The number of nitrogens with zero attached hydrogens (tertiary/aromatic N) is 5. The third-order valence-electron chi connectivity index (χ3n) is 2.93. The maximum atomic E-state index is 11.9. The zero-order valence-corrected chi connectivity index (χ0v) is 15.1. The molecule has 0 saturated carbocycles. The average Bonchev–Trinajstić information content (AvgIpc) is 3.01. The molecule has 1 heterocycles. The molecule has 0 spiro atoms. The number of hydrogen-bond donors (Lipinski definition) is 2. The van der Waals surface area contributed by atoms with Crippen LogP contribution >= 0.6 is 23.8 Å². The van der Waals surface area contributed by atoms with Crippen LogP contribution in [0.3, 0.4) is 0 Å². The molecule has 1 amide bonds. The van der Waals surface area contributed by atoms with Crippen molar-refractivity contribution in [2.75, 3.05) is 5.32 Å². The van der Waals surface area contributed by atoms with E-state index in [0.717, 1.165) is 6.42 Å². The fraction of sp³-hybridized carbons (Fsp3) is 0.214. The number of halogens is 1. The summed E-state index contributed by atoms with van der Waals surface area (Å²) in [6, 6.07) is 4.19. The van der Waals surface area contributed by atoms with Crippen molar-refractivity contribution in [3.05, 3.63) is 45.0 Å². The monoisotopic (exact) mass is 395 g/mol. The summed E-state index contributed by atoms with van der Waals surface area (Å²) in [5.41, 5.74) is 0.201. The van der Waals surface area contributed by atoms with E-state index >= 15 is 0 Å². The maximum absolute atomic E-state index is 11.9. The van der Waals surface area contributed by atoms with Crippen molar-refractivity contribution in [3.63, 3.8) is 0 Å². The Bertz CT molecular complexity index is 868. The second-order valence-corrected chi connectivity index (χ2v) is 5.77. The van der Waals surface area contributed by atoms with Gasteiger partial charge < -0.3 is 0 Å². The molecule has 1 aromatic heterocycles. The van der Waals surface area contributed by atoms with Crippen molar-refractivity contribution in [1.29, 1.82) is 0 Å². The molecule has 26 heavy (non-hydrogen) atoms. The molecule has 2 N–H and O–H groups in total. The number of carbonyl (C=O) groups excluding carboxylic acids is 1. The molecule has 10 nitrogen and oxygen atoms in total. The number of amides is 1. The predicted octanol–water partition coefficient (Wildman–Crippen LogP) is 2.17. The van der Waals surface area contributed by atoms with Gasteiger partial charge in [-0.15, -0.1) is 5.10 Å². The summed E-state index contributed by atoms with van der Waals surface area (Å²) in [7, 11) is 0. The van der Waals surface area contributed by atoms with Crippen molar-refractivity contribution >= 4 is 52.6 Å². The lowest BCUT2D eigenvalue weighted by molar-refractivity contribution is -0.384. The highest BCUT2D eigenvalue weighted by atomic mass is 35.5. The van der Waals surface area contributed by atoms with E-state index < -0.39 is 10.8 Å². The van der Waals surface area contributed by atoms with Crippen LogP contribution in [0.25, 0.3) is 6.08 Å². The molecule has 0 unspecified atom stereocenters. The summed E-state index contributed by atoms with van der Waals surface area (Å²) < 4.78 is 0. The molecule has 0 fully saturated rings. The van der Waals surface area contributed by atoms with Gasteiger partial charge >= 0.3 is 0 Å². The Morgan fingerprint density at radius 1 is 1.50 bits per heavy atom. The van der Waals surface area contributed by atoms with Crippen LogP contribution in [0.5, 0.6) is 0 Å². The predicted molar refractivity (Wildman–Crippen MR) is 99.6 cm³/mol. The number of aromatic nitrogens is 4. The van der Waals surface area contributed by atoms with Crippen LogP contribution in [0.15, 0.2) is 24.3 Å². The fourth-order valence-corrected chi connectivity index (χ4v) is 2.20. The summed E-state index contributed by atoms with van der Waals surface area (Å²) in [6.07, 6.45) is 3.43. The number of hydrogen-bond acceptors (Lipinski definition) is 7. The largest absolute Gasteiger partial charge is 0.299 e. The van der Waals surface area contributed by atoms with E-state index in [9.17, 15) is 14.9 Å². The number of thiocarbonyl (C=S) groups is 1. The van der Waals surface area contributed by atoms with Crippen LogP contribution in [0.4, 0.5) is 11.6 Å². The normalized spacial score (nSPS) is 10.7. The molecule has 0 aliphatic rings. The van der Waals surface area contributed by atoms with E-state index in [-0.39, 0.29) is 21.8 Å². The zero-order valence-electron chi connectivity index (χ0n) is 13.5. The van der Waals surface area contributed by atoms with Crippen molar-refractivity contribution in [2.45, 2.75) is 19.9 Å². The lowest BCUT2D eigenvalue weighted by atomic mass is 10.2. The maximum Gasteiger partial charge on any atom is 0.288 e. The van der Waals surface area contributed by atoms with Gasteiger partial charge in [-0.25, -0.2) is 0 Å². The number of nitrogens with one attached hydrogen (secondary N) is 2. The van der Waals surface area contributed by atoms with Crippen LogP contribution in [-0.2, 0) is 11.3 Å². The Labute approximate surface area is 158 Å². The lowest BCUT2D eigenvalue weighted by Gasteiger charge is -2.03. The number of nitro benzene ring substituents is 1. The minimum absolute atomic E-state index is 0.00205. The number of benzene rings is 1. The fourth-order valence-electron chi connectivity index (χ4n) is 1.82. The first-order valence-corrected chi connectivity index (χ1v) is 8.19. The quantitative estimate of drug-likeness (QED) is 0.329. The van der Waals surface area contributed by atoms with Gasteiger partial charge in [0.2, 0.25) is 5.91 Å². The molecule has 0 saturated heterocycles. The highest BCUT2D eigenvalue weighted by Crippen LogP contribution is 2.25. The van der Waals surface area contributed by atoms with Crippen LogP contribution in [0.2, 0.25) is 5.02 Å². The summed E-state index contributed by atoms with van der Waals surface area (Å²) in [6.45, 7) is 2.59. The van der Waals surface area contributed by atoms with Crippen LogP contribution in [0, 0.1) is 10.1 Å². The molecule has 136 valence electrons. The zero-order chi connectivity index (χ0) is 19.1. The second kappa shape index (κ2) is 8.97. The Kier molecular flexibility index (Phi) is 6.69. The molecule has 0 aliphatic heterocycles. The van der Waals surface area contributed by atoms with Gasteiger partial charge in [-0.1, -0.05) is 29.7 Å². The molecule has 0 atom stereocenters.